The van der Waals surface area contributed by atoms with Gasteiger partial charge in [0.2, 0.25) is 5.91 Å². The van der Waals surface area contributed by atoms with Gasteiger partial charge in [0, 0.05) is 23.2 Å². The van der Waals surface area contributed by atoms with Gasteiger partial charge in [-0.3, -0.25) is 15.2 Å². The Morgan fingerprint density at radius 1 is 0.939 bits per heavy atom. The summed E-state index contributed by atoms with van der Waals surface area (Å²) < 4.78 is 26.7. The molecule has 3 aromatic rings. The van der Waals surface area contributed by atoms with Crippen molar-refractivity contribution in [1.82, 2.24) is 15.8 Å². The second kappa shape index (κ2) is 9.94. The first-order chi connectivity index (χ1) is 15.9. The van der Waals surface area contributed by atoms with Crippen LogP contribution < -0.4 is 16.2 Å². The van der Waals surface area contributed by atoms with E-state index in [1.807, 2.05) is 13.0 Å². The molecule has 1 saturated carbocycles. The van der Waals surface area contributed by atoms with Gasteiger partial charge in [-0.05, 0) is 91.6 Å². The molecule has 0 bridgehead atoms. The van der Waals surface area contributed by atoms with Crippen molar-refractivity contribution in [2.45, 2.75) is 38.5 Å². The molecule has 2 aromatic carbocycles. The fraction of sp³-hybridized carbons (Fsp3) is 0.320. The van der Waals surface area contributed by atoms with E-state index in [4.69, 9.17) is 0 Å². The highest BCUT2D eigenvalue weighted by molar-refractivity contribution is 5.91. The van der Waals surface area contributed by atoms with Crippen LogP contribution >= 0.6 is 0 Å². The van der Waals surface area contributed by atoms with Gasteiger partial charge in [0.15, 0.2) is 0 Å². The van der Waals surface area contributed by atoms with Crippen molar-refractivity contribution in [3.63, 3.8) is 0 Å². The SMILES string of the molecule is C[C@@H](C(=O)NNC(=O)Nc1ccc(F)cc1)C1CCC(c2ccnc3ccc(F)cc23)CC1. The van der Waals surface area contributed by atoms with Crippen molar-refractivity contribution in [2.24, 2.45) is 11.8 Å². The predicted octanol–water partition coefficient (Wildman–Crippen LogP) is 5.28. The number of anilines is 1. The summed E-state index contributed by atoms with van der Waals surface area (Å²) >= 11 is 0. The summed E-state index contributed by atoms with van der Waals surface area (Å²) in [4.78, 5) is 28.9. The summed E-state index contributed by atoms with van der Waals surface area (Å²) in [5.41, 5.74) is 7.11. The number of benzene rings is 2. The maximum atomic E-state index is 13.8. The number of nitrogens with one attached hydrogen (secondary N) is 3. The highest BCUT2D eigenvalue weighted by Crippen LogP contribution is 2.40. The molecule has 1 atom stereocenters. The number of amides is 3. The molecule has 1 aromatic heterocycles. The lowest BCUT2D eigenvalue weighted by Crippen LogP contribution is -2.47. The minimum absolute atomic E-state index is 0.188. The van der Waals surface area contributed by atoms with Gasteiger partial charge in [0.25, 0.3) is 0 Å². The third kappa shape index (κ3) is 5.45. The second-order valence-electron chi connectivity index (χ2n) is 8.54. The van der Waals surface area contributed by atoms with Crippen molar-refractivity contribution in [3.05, 3.63) is 71.9 Å². The van der Waals surface area contributed by atoms with E-state index in [1.165, 1.54) is 30.3 Å². The lowest BCUT2D eigenvalue weighted by atomic mass is 9.73. The van der Waals surface area contributed by atoms with E-state index >= 15 is 0 Å². The van der Waals surface area contributed by atoms with E-state index in [0.717, 1.165) is 42.1 Å². The lowest BCUT2D eigenvalue weighted by Gasteiger charge is -2.32. The third-order valence-electron chi connectivity index (χ3n) is 6.47. The smallest absolute Gasteiger partial charge is 0.307 e. The number of fused-ring (bicyclic) bond motifs is 1. The number of aromatic nitrogens is 1. The van der Waals surface area contributed by atoms with Crippen LogP contribution in [0.4, 0.5) is 19.3 Å². The third-order valence-corrected chi connectivity index (χ3v) is 6.47. The Hall–Kier alpha value is -3.55. The van der Waals surface area contributed by atoms with Crippen molar-refractivity contribution in [1.29, 1.82) is 0 Å². The number of carbonyl (C=O) groups excluding carboxylic acids is 2. The molecule has 1 aliphatic rings. The molecule has 6 nitrogen and oxygen atoms in total. The fourth-order valence-corrected chi connectivity index (χ4v) is 4.57. The van der Waals surface area contributed by atoms with Crippen molar-refractivity contribution < 1.29 is 18.4 Å². The zero-order valence-electron chi connectivity index (χ0n) is 18.3. The summed E-state index contributed by atoms with van der Waals surface area (Å²) in [5, 5.41) is 3.37. The number of hydrogen-bond acceptors (Lipinski definition) is 3. The van der Waals surface area contributed by atoms with Crippen LogP contribution in [0.25, 0.3) is 10.9 Å². The highest BCUT2D eigenvalue weighted by Gasteiger charge is 2.30. The molecule has 0 aliphatic heterocycles. The summed E-state index contributed by atoms with van der Waals surface area (Å²) in [7, 11) is 0. The zero-order chi connectivity index (χ0) is 23.4. The van der Waals surface area contributed by atoms with Crippen molar-refractivity contribution in [2.75, 3.05) is 5.32 Å². The van der Waals surface area contributed by atoms with Crippen LogP contribution in [0.1, 0.15) is 44.1 Å². The topological polar surface area (TPSA) is 83.1 Å². The molecule has 172 valence electrons. The van der Waals surface area contributed by atoms with E-state index < -0.39 is 11.8 Å². The summed E-state index contributed by atoms with van der Waals surface area (Å²) in [6.45, 7) is 1.86. The number of pyridine rings is 1. The van der Waals surface area contributed by atoms with Gasteiger partial charge in [0.05, 0.1) is 5.52 Å². The Labute approximate surface area is 190 Å². The Kier molecular flexibility index (Phi) is 6.82. The number of nitrogens with zero attached hydrogens (tertiary/aromatic N) is 1. The second-order valence-corrected chi connectivity index (χ2v) is 8.54. The normalized spacial score (nSPS) is 19.0. The molecule has 1 heterocycles. The number of hydrazine groups is 1. The number of urea groups is 1. The Bertz CT molecular complexity index is 1140. The van der Waals surface area contributed by atoms with Gasteiger partial charge in [-0.25, -0.2) is 19.0 Å². The summed E-state index contributed by atoms with van der Waals surface area (Å²) in [6.07, 6.45) is 5.29. The van der Waals surface area contributed by atoms with E-state index in [0.29, 0.717) is 11.6 Å². The predicted molar refractivity (Wildman–Crippen MR) is 122 cm³/mol. The largest absolute Gasteiger partial charge is 0.337 e. The maximum absolute atomic E-state index is 13.8. The first-order valence-corrected chi connectivity index (χ1v) is 11.1. The summed E-state index contributed by atoms with van der Waals surface area (Å²) in [5.74, 6) is -0.724. The number of carbonyl (C=O) groups is 2. The first kappa shape index (κ1) is 22.6. The maximum Gasteiger partial charge on any atom is 0.337 e. The van der Waals surface area contributed by atoms with Crippen LogP contribution in [0, 0.1) is 23.5 Å². The molecule has 0 unspecified atom stereocenters. The quantitative estimate of drug-likeness (QED) is 0.471. The fourth-order valence-electron chi connectivity index (χ4n) is 4.57. The van der Waals surface area contributed by atoms with E-state index in [1.54, 1.807) is 18.3 Å². The Balaban J connectivity index is 1.29. The molecule has 1 fully saturated rings. The number of hydrogen-bond donors (Lipinski definition) is 3. The monoisotopic (exact) mass is 452 g/mol. The highest BCUT2D eigenvalue weighted by atomic mass is 19.1. The molecule has 4 rings (SSSR count). The molecule has 33 heavy (non-hydrogen) atoms. The van der Waals surface area contributed by atoms with Crippen LogP contribution in [0.5, 0.6) is 0 Å². The number of halogens is 2. The standard InChI is InChI=1S/C25H26F2N4O2/c1-15(24(32)30-31-25(33)29-20-9-6-18(26)7-10-20)16-2-4-17(5-3-16)21-12-13-28-23-11-8-19(27)14-22(21)23/h6-17H,2-5H2,1H3,(H,30,32)(H2,29,31,33)/t15-,16?,17?/m1/s1. The molecule has 3 amide bonds. The van der Waals surface area contributed by atoms with E-state index in [9.17, 15) is 18.4 Å². The molecule has 0 saturated heterocycles. The first-order valence-electron chi connectivity index (χ1n) is 11.1. The average molecular weight is 453 g/mol. The zero-order valence-corrected chi connectivity index (χ0v) is 18.3. The molecule has 1 aliphatic carbocycles. The van der Waals surface area contributed by atoms with Gasteiger partial charge in [-0.2, -0.15) is 0 Å². The molecular weight excluding hydrogens is 426 g/mol. The van der Waals surface area contributed by atoms with Gasteiger partial charge < -0.3 is 5.32 Å². The van der Waals surface area contributed by atoms with Crippen LogP contribution in [0.15, 0.2) is 54.7 Å². The van der Waals surface area contributed by atoms with E-state index in [-0.39, 0.29) is 23.6 Å². The van der Waals surface area contributed by atoms with Gasteiger partial charge in [0.1, 0.15) is 11.6 Å². The Morgan fingerprint density at radius 3 is 2.36 bits per heavy atom. The van der Waals surface area contributed by atoms with Gasteiger partial charge >= 0.3 is 6.03 Å². The van der Waals surface area contributed by atoms with Crippen molar-refractivity contribution >= 4 is 28.5 Å². The molecule has 3 N–H and O–H groups in total. The average Bonchev–Trinajstić information content (AvgIpc) is 2.83. The van der Waals surface area contributed by atoms with E-state index in [2.05, 4.69) is 21.2 Å². The van der Waals surface area contributed by atoms with Crippen LogP contribution in [0.2, 0.25) is 0 Å². The molecular formula is C25H26F2N4O2. The molecule has 0 spiro atoms. The van der Waals surface area contributed by atoms with Crippen LogP contribution in [-0.4, -0.2) is 16.9 Å². The summed E-state index contributed by atoms with van der Waals surface area (Å²) in [6, 6.07) is 11.3. The lowest BCUT2D eigenvalue weighted by molar-refractivity contribution is -0.127. The Morgan fingerprint density at radius 2 is 1.64 bits per heavy atom. The molecule has 0 radical (unpaired) electrons. The van der Waals surface area contributed by atoms with Gasteiger partial charge in [-0.15, -0.1) is 0 Å². The molecule has 8 heteroatoms. The number of rotatable bonds is 4. The minimum atomic E-state index is -0.609. The van der Waals surface area contributed by atoms with Gasteiger partial charge in [-0.1, -0.05) is 6.92 Å². The van der Waals surface area contributed by atoms with Crippen LogP contribution in [-0.2, 0) is 4.79 Å². The van der Waals surface area contributed by atoms with Crippen molar-refractivity contribution in [3.8, 4) is 0 Å². The van der Waals surface area contributed by atoms with Crippen LogP contribution in [0.3, 0.4) is 0 Å². The minimum Gasteiger partial charge on any atom is -0.307 e.